The number of halogens is 1. The van der Waals surface area contributed by atoms with Gasteiger partial charge in [-0.05, 0) is 6.92 Å². The fourth-order valence-corrected chi connectivity index (χ4v) is 0.670. The number of aromatic nitrogens is 2. The van der Waals surface area contributed by atoms with E-state index in [9.17, 15) is 4.39 Å². The molecule has 0 spiro atoms. The van der Waals surface area contributed by atoms with Gasteiger partial charge in [-0.25, -0.2) is 4.68 Å². The number of nitrogens with zero attached hydrogens (tertiary/aromatic N) is 3. The molecule has 0 aliphatic rings. The van der Waals surface area contributed by atoms with Crippen molar-refractivity contribution in [3.63, 3.8) is 0 Å². The zero-order chi connectivity index (χ0) is 7.56. The molecule has 0 aromatic carbocycles. The molecule has 4 heteroatoms. The molecule has 1 aromatic heterocycles. The summed E-state index contributed by atoms with van der Waals surface area (Å²) in [6.07, 6.45) is 0. The standard InChI is InChI=1S/C6H6FN3/c1-2-10-6(7)3-5(4-8)9-10/h3H,2H2,1H3. The molecular weight excluding hydrogens is 133 g/mol. The maximum absolute atomic E-state index is 12.5. The Hall–Kier alpha value is -1.37. The van der Waals surface area contributed by atoms with E-state index in [0.29, 0.717) is 6.54 Å². The lowest BCUT2D eigenvalue weighted by molar-refractivity contribution is 0.471. The molecule has 52 valence electrons. The Labute approximate surface area is 57.7 Å². The summed E-state index contributed by atoms with van der Waals surface area (Å²) in [4.78, 5) is 0. The lowest BCUT2D eigenvalue weighted by atomic mass is 10.5. The van der Waals surface area contributed by atoms with Gasteiger partial charge in [0, 0.05) is 12.6 Å². The van der Waals surface area contributed by atoms with Gasteiger partial charge in [-0.1, -0.05) is 0 Å². The van der Waals surface area contributed by atoms with Crippen molar-refractivity contribution in [1.29, 1.82) is 5.26 Å². The molecule has 0 bridgehead atoms. The van der Waals surface area contributed by atoms with Crippen molar-refractivity contribution in [2.45, 2.75) is 13.5 Å². The summed E-state index contributed by atoms with van der Waals surface area (Å²) in [6, 6.07) is 2.87. The number of hydrogen-bond acceptors (Lipinski definition) is 2. The number of rotatable bonds is 1. The first kappa shape index (κ1) is 6.75. The molecule has 1 rings (SSSR count). The second kappa shape index (κ2) is 2.48. The van der Waals surface area contributed by atoms with E-state index in [4.69, 9.17) is 5.26 Å². The van der Waals surface area contributed by atoms with Gasteiger partial charge >= 0.3 is 0 Å². The van der Waals surface area contributed by atoms with E-state index in [1.165, 1.54) is 0 Å². The van der Waals surface area contributed by atoms with E-state index in [1.54, 1.807) is 13.0 Å². The quantitative estimate of drug-likeness (QED) is 0.580. The zero-order valence-electron chi connectivity index (χ0n) is 5.50. The normalized spacial score (nSPS) is 9.30. The van der Waals surface area contributed by atoms with Crippen LogP contribution in [-0.4, -0.2) is 9.78 Å². The van der Waals surface area contributed by atoms with Crippen molar-refractivity contribution in [1.82, 2.24) is 9.78 Å². The monoisotopic (exact) mass is 139 g/mol. The summed E-state index contributed by atoms with van der Waals surface area (Å²) in [6.45, 7) is 2.21. The molecule has 1 aromatic rings. The van der Waals surface area contributed by atoms with Gasteiger partial charge in [0.2, 0.25) is 5.95 Å². The summed E-state index contributed by atoms with van der Waals surface area (Å²) < 4.78 is 13.7. The lowest BCUT2D eigenvalue weighted by Gasteiger charge is -1.91. The first-order valence-electron chi connectivity index (χ1n) is 2.91. The van der Waals surface area contributed by atoms with Gasteiger partial charge in [-0.3, -0.25) is 0 Å². The number of aryl methyl sites for hydroxylation is 1. The van der Waals surface area contributed by atoms with Gasteiger partial charge in [0.1, 0.15) is 6.07 Å². The second-order valence-electron chi connectivity index (χ2n) is 1.78. The van der Waals surface area contributed by atoms with Gasteiger partial charge in [-0.2, -0.15) is 14.8 Å². The molecule has 0 aliphatic carbocycles. The van der Waals surface area contributed by atoms with Gasteiger partial charge in [0.15, 0.2) is 5.69 Å². The molecule has 0 aliphatic heterocycles. The minimum Gasteiger partial charge on any atom is -0.239 e. The zero-order valence-corrected chi connectivity index (χ0v) is 5.50. The Kier molecular flexibility index (Phi) is 1.67. The molecule has 1 heterocycles. The Balaban J connectivity index is 3.07. The molecule has 0 radical (unpaired) electrons. The summed E-state index contributed by atoms with van der Waals surface area (Å²) in [7, 11) is 0. The summed E-state index contributed by atoms with van der Waals surface area (Å²) >= 11 is 0. The average Bonchev–Trinajstić information content (AvgIpc) is 2.30. The SMILES string of the molecule is CCn1nc(C#N)cc1F. The Bertz CT molecular complexity index is 271. The fraction of sp³-hybridized carbons (Fsp3) is 0.333. The smallest absolute Gasteiger partial charge is 0.212 e. The van der Waals surface area contributed by atoms with Crippen LogP contribution in [0.15, 0.2) is 6.07 Å². The molecule has 0 amide bonds. The van der Waals surface area contributed by atoms with Crippen LogP contribution < -0.4 is 0 Å². The number of hydrogen-bond donors (Lipinski definition) is 0. The van der Waals surface area contributed by atoms with Crippen LogP contribution in [0, 0.1) is 17.3 Å². The molecule has 0 N–H and O–H groups in total. The van der Waals surface area contributed by atoms with E-state index in [0.717, 1.165) is 10.7 Å². The second-order valence-corrected chi connectivity index (χ2v) is 1.78. The van der Waals surface area contributed by atoms with Crippen molar-refractivity contribution in [2.24, 2.45) is 0 Å². The van der Waals surface area contributed by atoms with Crippen LogP contribution in [0.3, 0.4) is 0 Å². The molecule has 0 fully saturated rings. The van der Waals surface area contributed by atoms with Crippen molar-refractivity contribution < 1.29 is 4.39 Å². The highest BCUT2D eigenvalue weighted by molar-refractivity contribution is 5.17. The molecular formula is C6H6FN3. The molecule has 0 saturated heterocycles. The van der Waals surface area contributed by atoms with Crippen molar-refractivity contribution in [3.8, 4) is 6.07 Å². The van der Waals surface area contributed by atoms with Crippen molar-refractivity contribution in [3.05, 3.63) is 17.7 Å². The van der Waals surface area contributed by atoms with Crippen LogP contribution in [-0.2, 0) is 6.54 Å². The van der Waals surface area contributed by atoms with Crippen molar-refractivity contribution in [2.75, 3.05) is 0 Å². The summed E-state index contributed by atoms with van der Waals surface area (Å²) in [5, 5.41) is 11.9. The highest BCUT2D eigenvalue weighted by atomic mass is 19.1. The number of nitriles is 1. The van der Waals surface area contributed by atoms with Gasteiger partial charge in [0.25, 0.3) is 0 Å². The third-order valence-electron chi connectivity index (χ3n) is 1.14. The highest BCUT2D eigenvalue weighted by Crippen LogP contribution is 1.99. The minimum atomic E-state index is -0.459. The maximum atomic E-state index is 12.5. The Morgan fingerprint density at radius 1 is 1.90 bits per heavy atom. The van der Waals surface area contributed by atoms with Crippen molar-refractivity contribution >= 4 is 0 Å². The van der Waals surface area contributed by atoms with Crippen LogP contribution in [0.1, 0.15) is 12.6 Å². The topological polar surface area (TPSA) is 41.6 Å². The van der Waals surface area contributed by atoms with Gasteiger partial charge < -0.3 is 0 Å². The van der Waals surface area contributed by atoms with Crippen LogP contribution in [0.4, 0.5) is 4.39 Å². The van der Waals surface area contributed by atoms with Crippen LogP contribution in [0.25, 0.3) is 0 Å². The fourth-order valence-electron chi connectivity index (χ4n) is 0.670. The van der Waals surface area contributed by atoms with Gasteiger partial charge in [-0.15, -0.1) is 0 Å². The first-order valence-corrected chi connectivity index (χ1v) is 2.91. The van der Waals surface area contributed by atoms with E-state index in [1.807, 2.05) is 0 Å². The molecule has 3 nitrogen and oxygen atoms in total. The van der Waals surface area contributed by atoms with Crippen LogP contribution in [0.5, 0.6) is 0 Å². The van der Waals surface area contributed by atoms with E-state index >= 15 is 0 Å². The van der Waals surface area contributed by atoms with Crippen LogP contribution >= 0.6 is 0 Å². The minimum absolute atomic E-state index is 0.124. The first-order chi connectivity index (χ1) is 4.77. The summed E-state index contributed by atoms with van der Waals surface area (Å²) in [5.74, 6) is -0.459. The molecule has 0 saturated carbocycles. The highest BCUT2D eigenvalue weighted by Gasteiger charge is 2.02. The summed E-state index contributed by atoms with van der Waals surface area (Å²) in [5.41, 5.74) is 0.124. The molecule has 0 unspecified atom stereocenters. The Morgan fingerprint density at radius 3 is 2.90 bits per heavy atom. The van der Waals surface area contributed by atoms with E-state index < -0.39 is 5.95 Å². The largest absolute Gasteiger partial charge is 0.239 e. The van der Waals surface area contributed by atoms with E-state index in [-0.39, 0.29) is 5.69 Å². The third-order valence-corrected chi connectivity index (χ3v) is 1.14. The lowest BCUT2D eigenvalue weighted by Crippen LogP contribution is -1.99. The van der Waals surface area contributed by atoms with E-state index in [2.05, 4.69) is 5.10 Å². The molecule has 0 atom stereocenters. The predicted octanol–water partition coefficient (Wildman–Crippen LogP) is 0.914. The van der Waals surface area contributed by atoms with Gasteiger partial charge in [0.05, 0.1) is 0 Å². The predicted molar refractivity (Wildman–Crippen MR) is 32.6 cm³/mol. The molecule has 10 heavy (non-hydrogen) atoms. The maximum Gasteiger partial charge on any atom is 0.212 e. The third kappa shape index (κ3) is 0.982. The average molecular weight is 139 g/mol. The van der Waals surface area contributed by atoms with Crippen LogP contribution in [0.2, 0.25) is 0 Å². The Morgan fingerprint density at radius 2 is 2.60 bits per heavy atom.